The van der Waals surface area contributed by atoms with Crippen molar-refractivity contribution < 1.29 is 9.84 Å². The maximum atomic E-state index is 9.60. The van der Waals surface area contributed by atoms with Crippen molar-refractivity contribution in [1.82, 2.24) is 0 Å². The second-order valence-corrected chi connectivity index (χ2v) is 5.08. The fourth-order valence-electron chi connectivity index (χ4n) is 2.46. The molecule has 3 heteroatoms. The van der Waals surface area contributed by atoms with Crippen molar-refractivity contribution in [1.29, 1.82) is 0 Å². The van der Waals surface area contributed by atoms with Crippen LogP contribution in [0.2, 0.25) is 0 Å². The van der Waals surface area contributed by atoms with Crippen LogP contribution in [0.15, 0.2) is 24.3 Å². The van der Waals surface area contributed by atoms with Gasteiger partial charge in [-0.25, -0.2) is 0 Å². The van der Waals surface area contributed by atoms with E-state index in [1.54, 1.807) is 0 Å². The van der Waals surface area contributed by atoms with E-state index < -0.39 is 6.23 Å². The number of benzene rings is 1. The van der Waals surface area contributed by atoms with Gasteiger partial charge in [0.2, 0.25) is 0 Å². The molecule has 3 rings (SSSR count). The first kappa shape index (κ1) is 13.4. The molecule has 0 aliphatic carbocycles. The van der Waals surface area contributed by atoms with E-state index in [2.05, 4.69) is 36.9 Å². The minimum Gasteiger partial charge on any atom is -0.374 e. The number of hydrogen-bond donors (Lipinski definition) is 1. The van der Waals surface area contributed by atoms with Crippen LogP contribution in [-0.2, 0) is 11.2 Å². The summed E-state index contributed by atoms with van der Waals surface area (Å²) in [7, 11) is 0. The van der Waals surface area contributed by atoms with Crippen molar-refractivity contribution in [3.05, 3.63) is 29.8 Å². The van der Waals surface area contributed by atoms with Crippen LogP contribution in [0.4, 0.5) is 5.69 Å². The number of nitrogens with zero attached hydrogens (tertiary/aromatic N) is 1. The number of aliphatic hydroxyl groups excluding tert-OH is 1. The molecule has 3 atom stereocenters. The van der Waals surface area contributed by atoms with Crippen LogP contribution >= 0.6 is 0 Å². The Hall–Kier alpha value is -1.06. The highest BCUT2D eigenvalue weighted by Gasteiger charge is 2.27. The van der Waals surface area contributed by atoms with E-state index in [4.69, 9.17) is 4.74 Å². The van der Waals surface area contributed by atoms with Crippen molar-refractivity contribution in [2.45, 2.75) is 52.0 Å². The summed E-state index contributed by atoms with van der Waals surface area (Å²) in [5.41, 5.74) is 2.53. The molecule has 3 unspecified atom stereocenters. The minimum atomic E-state index is -0.390. The molecule has 100 valence electrons. The molecule has 1 N–H and O–H groups in total. The van der Waals surface area contributed by atoms with E-state index in [9.17, 15) is 5.11 Å². The maximum absolute atomic E-state index is 9.60. The second kappa shape index (κ2) is 5.72. The van der Waals surface area contributed by atoms with Gasteiger partial charge in [-0.1, -0.05) is 25.1 Å². The third-order valence-corrected chi connectivity index (χ3v) is 3.52. The van der Waals surface area contributed by atoms with Crippen molar-refractivity contribution in [2.75, 3.05) is 11.5 Å². The molecule has 2 aliphatic rings. The van der Waals surface area contributed by atoms with E-state index in [0.29, 0.717) is 12.1 Å². The van der Waals surface area contributed by atoms with Crippen LogP contribution in [0.25, 0.3) is 0 Å². The lowest BCUT2D eigenvalue weighted by atomic mass is 10.1. The molecule has 0 bridgehead atoms. The highest BCUT2D eigenvalue weighted by molar-refractivity contribution is 5.59. The molecule has 1 aromatic rings. The average Bonchev–Trinajstić information content (AvgIpc) is 3.11. The molecule has 2 heterocycles. The zero-order valence-electron chi connectivity index (χ0n) is 11.5. The molecule has 1 saturated heterocycles. The lowest BCUT2D eigenvalue weighted by molar-refractivity contribution is 0.182. The van der Waals surface area contributed by atoms with Gasteiger partial charge < -0.3 is 14.7 Å². The molecule has 0 aromatic heterocycles. The third-order valence-electron chi connectivity index (χ3n) is 3.52. The van der Waals surface area contributed by atoms with Crippen LogP contribution in [0.1, 0.15) is 32.8 Å². The Bertz CT molecular complexity index is 388. The normalized spacial score (nSPS) is 26.1. The SMILES string of the molecule is CC(O)N1c2ccccc2CC1C.CCC1CO1. The van der Waals surface area contributed by atoms with E-state index in [0.717, 1.165) is 13.0 Å². The lowest BCUT2D eigenvalue weighted by Crippen LogP contribution is -2.37. The van der Waals surface area contributed by atoms with E-state index in [-0.39, 0.29) is 0 Å². The molecule has 2 aliphatic heterocycles. The predicted octanol–water partition coefficient (Wildman–Crippen LogP) is 2.57. The maximum Gasteiger partial charge on any atom is 0.124 e. The summed E-state index contributed by atoms with van der Waals surface area (Å²) in [5.74, 6) is 0. The second-order valence-electron chi connectivity index (χ2n) is 5.08. The number of anilines is 1. The largest absolute Gasteiger partial charge is 0.374 e. The molecule has 18 heavy (non-hydrogen) atoms. The van der Waals surface area contributed by atoms with Gasteiger partial charge in [0.15, 0.2) is 0 Å². The van der Waals surface area contributed by atoms with Gasteiger partial charge in [0, 0.05) is 11.7 Å². The van der Waals surface area contributed by atoms with Crippen molar-refractivity contribution in [3.8, 4) is 0 Å². The van der Waals surface area contributed by atoms with Gasteiger partial charge in [0.25, 0.3) is 0 Å². The summed E-state index contributed by atoms with van der Waals surface area (Å²) in [4.78, 5) is 2.06. The number of ether oxygens (including phenoxy) is 1. The molecule has 0 saturated carbocycles. The molecule has 1 aromatic carbocycles. The number of fused-ring (bicyclic) bond motifs is 1. The molecule has 3 nitrogen and oxygen atoms in total. The molecular weight excluding hydrogens is 226 g/mol. The van der Waals surface area contributed by atoms with E-state index in [1.807, 2.05) is 13.0 Å². The van der Waals surface area contributed by atoms with Gasteiger partial charge in [-0.3, -0.25) is 0 Å². The first-order valence-electron chi connectivity index (χ1n) is 6.79. The van der Waals surface area contributed by atoms with Gasteiger partial charge in [-0.2, -0.15) is 0 Å². The Kier molecular flexibility index (Phi) is 4.25. The van der Waals surface area contributed by atoms with Gasteiger partial charge in [0.05, 0.1) is 12.7 Å². The van der Waals surface area contributed by atoms with Crippen molar-refractivity contribution in [2.24, 2.45) is 0 Å². The topological polar surface area (TPSA) is 36.0 Å². The number of aliphatic hydroxyl groups is 1. The smallest absolute Gasteiger partial charge is 0.124 e. The fraction of sp³-hybridized carbons (Fsp3) is 0.600. The highest BCUT2D eigenvalue weighted by Crippen LogP contribution is 2.32. The van der Waals surface area contributed by atoms with Gasteiger partial charge in [-0.05, 0) is 38.3 Å². The van der Waals surface area contributed by atoms with Crippen molar-refractivity contribution in [3.63, 3.8) is 0 Å². The van der Waals surface area contributed by atoms with Crippen LogP contribution in [0.5, 0.6) is 0 Å². The number of para-hydroxylation sites is 1. The fourth-order valence-corrected chi connectivity index (χ4v) is 2.46. The van der Waals surface area contributed by atoms with Gasteiger partial charge >= 0.3 is 0 Å². The zero-order chi connectivity index (χ0) is 13.1. The average molecular weight is 249 g/mol. The van der Waals surface area contributed by atoms with Gasteiger partial charge in [0.1, 0.15) is 6.23 Å². The summed E-state index contributed by atoms with van der Waals surface area (Å²) in [6.45, 7) is 7.11. The summed E-state index contributed by atoms with van der Waals surface area (Å²) in [6, 6.07) is 8.70. The summed E-state index contributed by atoms with van der Waals surface area (Å²) in [6.07, 6.45) is 2.48. The van der Waals surface area contributed by atoms with Crippen LogP contribution in [-0.4, -0.2) is 30.1 Å². The Morgan fingerprint density at radius 1 is 1.44 bits per heavy atom. The molecule has 0 spiro atoms. The molecule has 1 fully saturated rings. The Morgan fingerprint density at radius 2 is 2.11 bits per heavy atom. The summed E-state index contributed by atoms with van der Waals surface area (Å²) >= 11 is 0. The summed E-state index contributed by atoms with van der Waals surface area (Å²) < 4.78 is 4.86. The first-order valence-corrected chi connectivity index (χ1v) is 6.79. The van der Waals surface area contributed by atoms with Crippen molar-refractivity contribution >= 4 is 5.69 Å². The Balaban J connectivity index is 0.000000202. The van der Waals surface area contributed by atoms with Crippen LogP contribution in [0, 0.1) is 0 Å². The summed E-state index contributed by atoms with van der Waals surface area (Å²) in [5, 5.41) is 9.60. The molecule has 0 amide bonds. The molecular formula is C15H23NO2. The number of hydrogen-bond acceptors (Lipinski definition) is 3. The Morgan fingerprint density at radius 3 is 2.61 bits per heavy atom. The van der Waals surface area contributed by atoms with Crippen LogP contribution < -0.4 is 4.90 Å². The quantitative estimate of drug-likeness (QED) is 0.818. The Labute approximate surface area is 109 Å². The number of epoxide rings is 1. The number of rotatable bonds is 2. The lowest BCUT2D eigenvalue weighted by Gasteiger charge is -2.27. The van der Waals surface area contributed by atoms with E-state index >= 15 is 0 Å². The minimum absolute atomic E-state index is 0.390. The van der Waals surface area contributed by atoms with Crippen LogP contribution in [0.3, 0.4) is 0 Å². The first-order chi connectivity index (χ1) is 8.63. The predicted molar refractivity (Wildman–Crippen MR) is 73.8 cm³/mol. The molecule has 0 radical (unpaired) electrons. The van der Waals surface area contributed by atoms with E-state index in [1.165, 1.54) is 17.7 Å². The third kappa shape index (κ3) is 3.03. The monoisotopic (exact) mass is 249 g/mol. The standard InChI is InChI=1S/C11H15NO.C4H8O/c1-8-7-10-5-3-4-6-11(10)12(8)9(2)13;1-2-4-3-5-4/h3-6,8-9,13H,7H2,1-2H3;4H,2-3H2,1H3. The zero-order valence-corrected chi connectivity index (χ0v) is 11.5. The highest BCUT2D eigenvalue weighted by atomic mass is 16.6. The van der Waals surface area contributed by atoms with Gasteiger partial charge in [-0.15, -0.1) is 0 Å².